The van der Waals surface area contributed by atoms with Crippen molar-refractivity contribution in [3.05, 3.63) is 28.2 Å². The van der Waals surface area contributed by atoms with Gasteiger partial charge in [-0.15, -0.1) is 0 Å². The van der Waals surface area contributed by atoms with Gasteiger partial charge in [-0.1, -0.05) is 29.8 Å². The first kappa shape index (κ1) is 18.4. The minimum Gasteiger partial charge on any atom is -0.469 e. The Morgan fingerprint density at radius 3 is 2.65 bits per heavy atom. The summed E-state index contributed by atoms with van der Waals surface area (Å²) in [7, 11) is 3.16. The maximum absolute atomic E-state index is 10.9. The van der Waals surface area contributed by atoms with Gasteiger partial charge in [0.2, 0.25) is 0 Å². The lowest BCUT2D eigenvalue weighted by atomic mass is 10.1. The fourth-order valence-electron chi connectivity index (χ4n) is 1.40. The highest BCUT2D eigenvalue weighted by atomic mass is 79.9. The van der Waals surface area contributed by atoms with Crippen LogP contribution < -0.4 is 11.1 Å². The molecule has 0 saturated heterocycles. The maximum Gasteiger partial charge on any atom is 0.307 e. The zero-order valence-electron chi connectivity index (χ0n) is 12.4. The molecule has 0 unspecified atom stereocenters. The number of rotatable bonds is 5. The van der Waals surface area contributed by atoms with E-state index >= 15 is 0 Å². The molecule has 0 aliphatic heterocycles. The van der Waals surface area contributed by atoms with Gasteiger partial charge in [-0.2, -0.15) is 0 Å². The van der Waals surface area contributed by atoms with Crippen molar-refractivity contribution in [3.8, 4) is 0 Å². The highest BCUT2D eigenvalue weighted by molar-refractivity contribution is 9.10. The largest absolute Gasteiger partial charge is 0.469 e. The average Bonchev–Trinajstić information content (AvgIpc) is 2.48. The lowest BCUT2D eigenvalue weighted by molar-refractivity contribution is -0.140. The Labute approximate surface area is 128 Å². The number of amidine groups is 1. The molecule has 20 heavy (non-hydrogen) atoms. The first-order valence-electron chi connectivity index (χ1n) is 6.43. The van der Waals surface area contributed by atoms with Crippen molar-refractivity contribution in [2.24, 2.45) is 10.7 Å². The van der Waals surface area contributed by atoms with E-state index in [9.17, 15) is 4.79 Å². The van der Waals surface area contributed by atoms with Crippen LogP contribution in [0.5, 0.6) is 0 Å². The molecule has 6 heteroatoms. The summed E-state index contributed by atoms with van der Waals surface area (Å²) in [5.41, 5.74) is 7.58. The first-order chi connectivity index (χ1) is 9.58. The summed E-state index contributed by atoms with van der Waals surface area (Å²) in [5.74, 6) is 0.104. The van der Waals surface area contributed by atoms with Crippen molar-refractivity contribution in [2.45, 2.75) is 20.3 Å². The molecule has 112 valence electrons. The molecule has 0 atom stereocenters. The smallest absolute Gasteiger partial charge is 0.307 e. The van der Waals surface area contributed by atoms with Gasteiger partial charge in [0.25, 0.3) is 0 Å². The SMILES string of the molecule is CC.CNc1cc(Br)ccc1C(N)=NCCC(=O)OC. The third-order valence-electron chi connectivity index (χ3n) is 2.35. The first-order valence-corrected chi connectivity index (χ1v) is 7.22. The van der Waals surface area contributed by atoms with Crippen LogP contribution in [0.4, 0.5) is 5.69 Å². The molecule has 0 fully saturated rings. The molecular formula is C14H22BrN3O2. The van der Waals surface area contributed by atoms with Crippen molar-refractivity contribution < 1.29 is 9.53 Å². The van der Waals surface area contributed by atoms with E-state index in [1.807, 2.05) is 39.1 Å². The standard InChI is InChI=1S/C12H16BrN3O2.C2H6/c1-15-10-7-8(13)3-4-9(10)12(14)16-6-5-11(17)18-2;1-2/h3-4,7,15H,5-6H2,1-2H3,(H2,14,16);1-2H3. The van der Waals surface area contributed by atoms with E-state index in [0.29, 0.717) is 12.4 Å². The Balaban J connectivity index is 0.00000172. The summed E-state index contributed by atoms with van der Waals surface area (Å²) in [4.78, 5) is 15.1. The quantitative estimate of drug-likeness (QED) is 0.489. The van der Waals surface area contributed by atoms with Crippen LogP contribution in [0.2, 0.25) is 0 Å². The number of aliphatic imine (C=N–C) groups is 1. The molecule has 0 saturated carbocycles. The van der Waals surface area contributed by atoms with E-state index in [-0.39, 0.29) is 12.4 Å². The number of esters is 1. The third-order valence-corrected chi connectivity index (χ3v) is 2.85. The second kappa shape index (κ2) is 10.3. The number of carbonyl (C=O) groups excluding carboxylic acids is 1. The minimum absolute atomic E-state index is 0.225. The van der Waals surface area contributed by atoms with Gasteiger partial charge in [-0.05, 0) is 18.2 Å². The zero-order chi connectivity index (χ0) is 15.5. The normalized spacial score (nSPS) is 10.3. The highest BCUT2D eigenvalue weighted by Gasteiger charge is 2.06. The van der Waals surface area contributed by atoms with Gasteiger partial charge < -0.3 is 15.8 Å². The fourth-order valence-corrected chi connectivity index (χ4v) is 1.76. The molecule has 1 rings (SSSR count). The van der Waals surface area contributed by atoms with Crippen molar-refractivity contribution in [2.75, 3.05) is 26.0 Å². The molecule has 1 aromatic rings. The van der Waals surface area contributed by atoms with Crippen LogP contribution in [0.25, 0.3) is 0 Å². The number of hydrogen-bond donors (Lipinski definition) is 2. The maximum atomic E-state index is 10.9. The van der Waals surface area contributed by atoms with Gasteiger partial charge in [0.15, 0.2) is 0 Å². The van der Waals surface area contributed by atoms with Crippen LogP contribution in [-0.4, -0.2) is 32.5 Å². The topological polar surface area (TPSA) is 76.7 Å². The number of hydrogen-bond acceptors (Lipinski definition) is 4. The molecule has 5 nitrogen and oxygen atoms in total. The number of nitrogens with two attached hydrogens (primary N) is 1. The van der Waals surface area contributed by atoms with E-state index in [0.717, 1.165) is 15.7 Å². The predicted octanol–water partition coefficient (Wildman–Crippen LogP) is 2.79. The monoisotopic (exact) mass is 343 g/mol. The van der Waals surface area contributed by atoms with Crippen LogP contribution in [0.15, 0.2) is 27.7 Å². The summed E-state index contributed by atoms with van der Waals surface area (Å²) < 4.78 is 5.49. The van der Waals surface area contributed by atoms with Crippen LogP contribution in [0.3, 0.4) is 0 Å². The van der Waals surface area contributed by atoms with Crippen LogP contribution in [0, 0.1) is 0 Å². The zero-order valence-corrected chi connectivity index (χ0v) is 14.0. The summed E-state index contributed by atoms with van der Waals surface area (Å²) in [6, 6.07) is 5.67. The molecular weight excluding hydrogens is 322 g/mol. The second-order valence-corrected chi connectivity index (χ2v) is 4.45. The third kappa shape index (κ3) is 6.06. The lowest BCUT2D eigenvalue weighted by Gasteiger charge is -2.09. The van der Waals surface area contributed by atoms with E-state index in [1.54, 1.807) is 0 Å². The molecule has 0 amide bonds. The summed E-state index contributed by atoms with van der Waals surface area (Å²) in [6.07, 6.45) is 0.225. The predicted molar refractivity (Wildman–Crippen MR) is 87.3 cm³/mol. The number of nitrogens with one attached hydrogen (secondary N) is 1. The van der Waals surface area contributed by atoms with Gasteiger partial charge in [-0.3, -0.25) is 9.79 Å². The minimum atomic E-state index is -0.295. The molecule has 0 heterocycles. The number of ether oxygens (including phenoxy) is 1. The van der Waals surface area contributed by atoms with E-state index in [1.165, 1.54) is 7.11 Å². The Morgan fingerprint density at radius 2 is 2.10 bits per heavy atom. The Kier molecular flexibility index (Phi) is 9.45. The Morgan fingerprint density at radius 1 is 1.45 bits per heavy atom. The summed E-state index contributed by atoms with van der Waals surface area (Å²) in [5, 5.41) is 3.05. The number of anilines is 1. The number of nitrogens with zero attached hydrogens (tertiary/aromatic N) is 1. The van der Waals surface area contributed by atoms with Gasteiger partial charge in [0, 0.05) is 22.8 Å². The molecule has 0 aliphatic rings. The van der Waals surface area contributed by atoms with Crippen molar-refractivity contribution in [3.63, 3.8) is 0 Å². The molecule has 1 aromatic carbocycles. The Bertz CT molecular complexity index is 462. The van der Waals surface area contributed by atoms with Crippen LogP contribution in [-0.2, 0) is 9.53 Å². The van der Waals surface area contributed by atoms with Crippen LogP contribution >= 0.6 is 15.9 Å². The van der Waals surface area contributed by atoms with Crippen molar-refractivity contribution >= 4 is 33.4 Å². The average molecular weight is 344 g/mol. The lowest BCUT2D eigenvalue weighted by Crippen LogP contribution is -2.16. The van der Waals surface area contributed by atoms with Crippen molar-refractivity contribution in [1.29, 1.82) is 0 Å². The van der Waals surface area contributed by atoms with Gasteiger partial charge in [0.1, 0.15) is 5.84 Å². The Hall–Kier alpha value is -1.56. The fraction of sp³-hybridized carbons (Fsp3) is 0.429. The van der Waals surface area contributed by atoms with Gasteiger partial charge >= 0.3 is 5.97 Å². The van der Waals surface area contributed by atoms with Gasteiger partial charge in [-0.25, -0.2) is 0 Å². The second-order valence-electron chi connectivity index (χ2n) is 3.53. The molecule has 3 N–H and O–H groups in total. The summed E-state index contributed by atoms with van der Waals surface area (Å²) in [6.45, 7) is 4.32. The molecule has 0 aliphatic carbocycles. The number of benzene rings is 1. The highest BCUT2D eigenvalue weighted by Crippen LogP contribution is 2.20. The molecule has 0 spiro atoms. The number of halogens is 1. The van der Waals surface area contributed by atoms with Crippen molar-refractivity contribution in [1.82, 2.24) is 0 Å². The molecule has 0 aromatic heterocycles. The van der Waals surface area contributed by atoms with Gasteiger partial charge in [0.05, 0.1) is 20.1 Å². The van der Waals surface area contributed by atoms with E-state index in [2.05, 4.69) is 31.0 Å². The van der Waals surface area contributed by atoms with Crippen LogP contribution in [0.1, 0.15) is 25.8 Å². The van der Waals surface area contributed by atoms with E-state index in [4.69, 9.17) is 5.73 Å². The number of methoxy groups -OCH3 is 1. The van der Waals surface area contributed by atoms with E-state index < -0.39 is 0 Å². The molecule has 0 bridgehead atoms. The summed E-state index contributed by atoms with van der Waals surface area (Å²) >= 11 is 3.39. The number of carbonyl (C=O) groups is 1. The molecule has 0 radical (unpaired) electrons.